The lowest BCUT2D eigenvalue weighted by Crippen LogP contribution is -2.36. The van der Waals surface area contributed by atoms with Crippen molar-refractivity contribution in [1.29, 1.82) is 5.26 Å². The zero-order valence-corrected chi connectivity index (χ0v) is 19.6. The summed E-state index contributed by atoms with van der Waals surface area (Å²) in [4.78, 5) is 35.4. The van der Waals surface area contributed by atoms with Gasteiger partial charge in [0.05, 0.1) is 22.3 Å². The first kappa shape index (κ1) is 25.6. The zero-order chi connectivity index (χ0) is 24.7. The normalized spacial score (nSPS) is 11.0. The van der Waals surface area contributed by atoms with Crippen LogP contribution in [0.3, 0.4) is 0 Å². The van der Waals surface area contributed by atoms with Crippen LogP contribution in [0, 0.1) is 11.3 Å². The number of aryl methyl sites for hydroxylation is 1. The van der Waals surface area contributed by atoms with Gasteiger partial charge in [-0.3, -0.25) is 20.3 Å². The number of carbonyl (C=O) groups is 2. The highest BCUT2D eigenvalue weighted by molar-refractivity contribution is 6.47. The van der Waals surface area contributed by atoms with E-state index in [1.165, 1.54) is 25.2 Å². The predicted molar refractivity (Wildman–Crippen MR) is 122 cm³/mol. The van der Waals surface area contributed by atoms with Gasteiger partial charge in [-0.2, -0.15) is 10.4 Å². The lowest BCUT2D eigenvalue weighted by Gasteiger charge is -2.13. The van der Waals surface area contributed by atoms with Gasteiger partial charge in [0, 0.05) is 18.7 Å². The van der Waals surface area contributed by atoms with Crippen LogP contribution in [0.15, 0.2) is 28.1 Å². The lowest BCUT2D eigenvalue weighted by molar-refractivity contribution is -0.114. The monoisotopic (exact) mass is 494 g/mol. The number of anilines is 1. The third-order valence-corrected chi connectivity index (χ3v) is 4.57. The molecule has 11 nitrogen and oxygen atoms in total. The molecule has 174 valence electrons. The van der Waals surface area contributed by atoms with Crippen LogP contribution in [0.2, 0.25) is 10.0 Å². The van der Waals surface area contributed by atoms with Gasteiger partial charge in [-0.1, -0.05) is 37.0 Å². The fourth-order valence-electron chi connectivity index (χ4n) is 2.46. The summed E-state index contributed by atoms with van der Waals surface area (Å²) in [5.74, 6) is -0.915. The summed E-state index contributed by atoms with van der Waals surface area (Å²) in [6.07, 6.45) is -1.01. The number of halogens is 2. The number of ether oxygens (including phenoxy) is 2. The SMILES string of the molecule is CCOC(=O)NC(=O)/C(C#N)=N\Nc1cc(Cl)c(Oc2cc(C(C)C)c(=O)n(C)n2)c(Cl)c1. The molecule has 0 aliphatic rings. The van der Waals surface area contributed by atoms with Crippen molar-refractivity contribution in [3.05, 3.63) is 44.2 Å². The third-order valence-electron chi connectivity index (χ3n) is 4.00. The molecule has 0 saturated carbocycles. The van der Waals surface area contributed by atoms with Crippen molar-refractivity contribution in [3.63, 3.8) is 0 Å². The number of carbonyl (C=O) groups excluding carboxylic acids is 2. The van der Waals surface area contributed by atoms with E-state index in [9.17, 15) is 14.4 Å². The molecule has 2 aromatic rings. The number of alkyl carbamates (subject to hydrolysis) is 1. The Balaban J connectivity index is 2.25. The Morgan fingerprint density at radius 2 is 1.91 bits per heavy atom. The summed E-state index contributed by atoms with van der Waals surface area (Å²) < 4.78 is 11.4. The van der Waals surface area contributed by atoms with Crippen LogP contribution >= 0.6 is 23.2 Å². The molecular weight excluding hydrogens is 475 g/mol. The molecule has 2 N–H and O–H groups in total. The van der Waals surface area contributed by atoms with Gasteiger partial charge in [-0.15, -0.1) is 5.10 Å². The molecule has 0 saturated heterocycles. The minimum Gasteiger partial charge on any atom is -0.450 e. The second kappa shape index (κ2) is 11.3. The minimum atomic E-state index is -1.05. The molecule has 0 bridgehead atoms. The van der Waals surface area contributed by atoms with E-state index in [4.69, 9.17) is 33.2 Å². The van der Waals surface area contributed by atoms with Crippen LogP contribution in [0.5, 0.6) is 11.6 Å². The van der Waals surface area contributed by atoms with E-state index in [1.807, 2.05) is 19.2 Å². The number of nitrogens with one attached hydrogen (secondary N) is 2. The maximum atomic E-state index is 12.2. The molecule has 0 atom stereocenters. The number of hydrazone groups is 1. The molecular formula is C20H20Cl2N6O5. The summed E-state index contributed by atoms with van der Waals surface area (Å²) in [6, 6.07) is 5.84. The van der Waals surface area contributed by atoms with Crippen molar-refractivity contribution in [2.75, 3.05) is 12.0 Å². The molecule has 2 amide bonds. The summed E-state index contributed by atoms with van der Waals surface area (Å²) >= 11 is 12.5. The number of hydrogen-bond donors (Lipinski definition) is 2. The molecule has 13 heteroatoms. The largest absolute Gasteiger partial charge is 0.450 e. The molecule has 0 aliphatic heterocycles. The maximum Gasteiger partial charge on any atom is 0.414 e. The van der Waals surface area contributed by atoms with Crippen LogP contribution in [-0.4, -0.2) is 34.1 Å². The highest BCUT2D eigenvalue weighted by Gasteiger charge is 2.17. The second-order valence-corrected chi connectivity index (χ2v) is 7.57. The molecule has 1 aromatic carbocycles. The Morgan fingerprint density at radius 1 is 1.27 bits per heavy atom. The number of benzene rings is 1. The van der Waals surface area contributed by atoms with Crippen LogP contribution in [0.1, 0.15) is 32.3 Å². The molecule has 33 heavy (non-hydrogen) atoms. The summed E-state index contributed by atoms with van der Waals surface area (Å²) in [5, 5.41) is 18.8. The van der Waals surface area contributed by atoms with Crippen LogP contribution < -0.4 is 21.0 Å². The molecule has 0 spiro atoms. The van der Waals surface area contributed by atoms with Crippen molar-refractivity contribution in [2.24, 2.45) is 12.1 Å². The molecule has 0 radical (unpaired) electrons. The Bertz CT molecular complexity index is 1180. The van der Waals surface area contributed by atoms with Gasteiger partial charge in [0.1, 0.15) is 6.07 Å². The van der Waals surface area contributed by atoms with E-state index < -0.39 is 17.7 Å². The second-order valence-electron chi connectivity index (χ2n) is 6.75. The number of imide groups is 1. The number of hydrogen-bond acceptors (Lipinski definition) is 9. The van der Waals surface area contributed by atoms with E-state index in [-0.39, 0.29) is 45.4 Å². The van der Waals surface area contributed by atoms with Crippen molar-refractivity contribution in [1.82, 2.24) is 15.1 Å². The Kier molecular flexibility index (Phi) is 8.78. The zero-order valence-electron chi connectivity index (χ0n) is 18.1. The van der Waals surface area contributed by atoms with Crippen molar-refractivity contribution >= 4 is 46.6 Å². The number of rotatable bonds is 7. The fourth-order valence-corrected chi connectivity index (χ4v) is 3.02. The Hall–Kier alpha value is -3.62. The molecule has 0 unspecified atom stereocenters. The molecule has 1 heterocycles. The van der Waals surface area contributed by atoms with Gasteiger partial charge < -0.3 is 9.47 Å². The van der Waals surface area contributed by atoms with Crippen molar-refractivity contribution in [2.45, 2.75) is 26.7 Å². The van der Waals surface area contributed by atoms with Gasteiger partial charge in [-0.05, 0) is 25.0 Å². The van der Waals surface area contributed by atoms with Crippen LogP contribution in [0.25, 0.3) is 0 Å². The highest BCUT2D eigenvalue weighted by atomic mass is 35.5. The summed E-state index contributed by atoms with van der Waals surface area (Å²) in [6.45, 7) is 5.34. The molecule has 1 aromatic heterocycles. The van der Waals surface area contributed by atoms with E-state index in [0.717, 1.165) is 4.68 Å². The quantitative estimate of drug-likeness (QED) is 0.438. The fraction of sp³-hybridized carbons (Fsp3) is 0.300. The number of nitrogens with zero attached hydrogens (tertiary/aromatic N) is 4. The van der Waals surface area contributed by atoms with E-state index in [2.05, 4.69) is 20.4 Å². The Labute approximate surface area is 198 Å². The minimum absolute atomic E-state index is 0.0510. The van der Waals surface area contributed by atoms with Gasteiger partial charge in [0.25, 0.3) is 11.5 Å². The molecule has 0 aliphatic carbocycles. The third kappa shape index (κ3) is 6.68. The van der Waals surface area contributed by atoms with Crippen LogP contribution in [-0.2, 0) is 16.6 Å². The standard InChI is InChI=1S/C20H20Cl2N6O5/c1-5-32-20(31)24-18(29)15(9-23)26-25-11-6-13(21)17(14(22)7-11)33-16-8-12(10(2)3)19(30)28(4)27-16/h6-8,10,25H,5H2,1-4H3,(H,24,29,31)/b26-15-. The first-order valence-corrected chi connectivity index (χ1v) is 10.3. The smallest absolute Gasteiger partial charge is 0.414 e. The summed E-state index contributed by atoms with van der Waals surface area (Å²) in [5.41, 5.74) is 2.32. The van der Waals surface area contributed by atoms with E-state index in [1.54, 1.807) is 13.0 Å². The van der Waals surface area contributed by atoms with E-state index in [0.29, 0.717) is 5.56 Å². The average Bonchev–Trinajstić information content (AvgIpc) is 2.73. The van der Waals surface area contributed by atoms with Gasteiger partial charge in [0.2, 0.25) is 11.6 Å². The highest BCUT2D eigenvalue weighted by Crippen LogP contribution is 2.38. The first-order valence-electron chi connectivity index (χ1n) is 9.54. The topological polar surface area (TPSA) is 148 Å². The first-order chi connectivity index (χ1) is 15.6. The molecule has 0 fully saturated rings. The molecule has 2 rings (SSSR count). The van der Waals surface area contributed by atoms with Crippen molar-refractivity contribution < 1.29 is 19.1 Å². The number of amides is 2. The lowest BCUT2D eigenvalue weighted by atomic mass is 10.1. The predicted octanol–water partition coefficient (Wildman–Crippen LogP) is 3.57. The van der Waals surface area contributed by atoms with Gasteiger partial charge in [-0.25, -0.2) is 9.48 Å². The van der Waals surface area contributed by atoms with Crippen LogP contribution in [0.4, 0.5) is 10.5 Å². The number of aromatic nitrogens is 2. The number of nitriles is 1. The Morgan fingerprint density at radius 3 is 2.45 bits per heavy atom. The van der Waals surface area contributed by atoms with E-state index >= 15 is 0 Å². The van der Waals surface area contributed by atoms with Gasteiger partial charge in [0.15, 0.2) is 5.75 Å². The average molecular weight is 495 g/mol. The summed E-state index contributed by atoms with van der Waals surface area (Å²) in [7, 11) is 1.50. The van der Waals surface area contributed by atoms with Crippen molar-refractivity contribution in [3.8, 4) is 17.7 Å². The van der Waals surface area contributed by atoms with Gasteiger partial charge >= 0.3 is 6.09 Å². The maximum absolute atomic E-state index is 12.2.